The number of nitrogens with one attached hydrogen (secondary N) is 2. The lowest BCUT2D eigenvalue weighted by atomic mass is 10.0. The van der Waals surface area contributed by atoms with E-state index in [-0.39, 0.29) is 17.9 Å². The summed E-state index contributed by atoms with van der Waals surface area (Å²) in [6.45, 7) is 3.10. The average Bonchev–Trinajstić information content (AvgIpc) is 3.43. The Bertz CT molecular complexity index is 1540. The molecule has 202 valence electrons. The summed E-state index contributed by atoms with van der Waals surface area (Å²) in [6, 6.07) is 8.00. The van der Waals surface area contributed by atoms with Crippen molar-refractivity contribution in [3.05, 3.63) is 48.5 Å². The van der Waals surface area contributed by atoms with Crippen molar-refractivity contribution < 1.29 is 23.4 Å². The topological polar surface area (TPSA) is 118 Å². The van der Waals surface area contributed by atoms with E-state index in [9.17, 15) is 9.18 Å². The SMILES string of the molecule is COc1ccc(N2C(=O)[C@@H](C)N(C3CCOCC3)c3nc(Nc4cc(F)c5[nH]ncc5c4)ncc32)cc1OC. The molecule has 2 aromatic carbocycles. The standard InChI is InChI=1S/C27H28FN7O4/c1-15-26(36)35(19-4-5-22(37-2)23(12-19)38-3)21-14-29-27(32-25(21)34(15)18-6-8-39-9-7-18)31-17-10-16-13-30-33-24(16)20(28)11-17/h4-5,10-15,18H,6-9H2,1-3H3,(H,30,33)(H,29,31,32)/t15-/m1/s1. The maximum absolute atomic E-state index is 14.6. The molecular weight excluding hydrogens is 505 g/mol. The second kappa shape index (κ2) is 10.0. The summed E-state index contributed by atoms with van der Waals surface area (Å²) in [7, 11) is 3.11. The number of aromatic nitrogens is 4. The number of anilines is 5. The zero-order valence-corrected chi connectivity index (χ0v) is 21.8. The Balaban J connectivity index is 1.44. The van der Waals surface area contributed by atoms with E-state index >= 15 is 0 Å². The Labute approximate surface area is 223 Å². The van der Waals surface area contributed by atoms with Crippen LogP contribution in [-0.4, -0.2) is 65.6 Å². The van der Waals surface area contributed by atoms with Crippen molar-refractivity contribution in [2.24, 2.45) is 0 Å². The fourth-order valence-corrected chi connectivity index (χ4v) is 5.28. The van der Waals surface area contributed by atoms with E-state index in [1.807, 2.05) is 6.92 Å². The molecule has 0 aliphatic carbocycles. The highest BCUT2D eigenvalue weighted by Crippen LogP contribution is 2.43. The number of halogens is 1. The zero-order chi connectivity index (χ0) is 27.1. The lowest BCUT2D eigenvalue weighted by Crippen LogP contribution is -2.56. The Hall–Kier alpha value is -4.45. The molecule has 2 aliphatic heterocycles. The second-order valence-corrected chi connectivity index (χ2v) is 9.46. The van der Waals surface area contributed by atoms with Gasteiger partial charge in [-0.25, -0.2) is 9.37 Å². The second-order valence-electron chi connectivity index (χ2n) is 9.46. The van der Waals surface area contributed by atoms with Gasteiger partial charge in [0.15, 0.2) is 23.1 Å². The molecule has 0 bridgehead atoms. The predicted octanol–water partition coefficient (Wildman–Crippen LogP) is 4.31. The van der Waals surface area contributed by atoms with Gasteiger partial charge in [-0.3, -0.25) is 14.8 Å². The number of carbonyl (C=O) groups is 1. The van der Waals surface area contributed by atoms with Crippen molar-refractivity contribution in [2.75, 3.05) is 42.5 Å². The summed E-state index contributed by atoms with van der Waals surface area (Å²) in [6.07, 6.45) is 4.70. The van der Waals surface area contributed by atoms with Crippen LogP contribution in [0.15, 0.2) is 42.7 Å². The van der Waals surface area contributed by atoms with E-state index in [1.54, 1.807) is 55.8 Å². The third kappa shape index (κ3) is 4.36. The first-order valence-electron chi connectivity index (χ1n) is 12.7. The van der Waals surface area contributed by atoms with Crippen molar-refractivity contribution in [3.8, 4) is 11.5 Å². The first kappa shape index (κ1) is 24.9. The predicted molar refractivity (Wildman–Crippen MR) is 144 cm³/mol. The number of hydrogen-bond acceptors (Lipinski definition) is 9. The minimum absolute atomic E-state index is 0.0616. The number of amides is 1. The highest BCUT2D eigenvalue weighted by atomic mass is 19.1. The normalized spacial score (nSPS) is 17.8. The molecule has 1 amide bonds. The summed E-state index contributed by atoms with van der Waals surface area (Å²) < 4.78 is 31.0. The third-order valence-electron chi connectivity index (χ3n) is 7.20. The van der Waals surface area contributed by atoms with E-state index in [0.717, 1.165) is 12.8 Å². The van der Waals surface area contributed by atoms with Crippen LogP contribution < -0.4 is 24.6 Å². The van der Waals surface area contributed by atoms with E-state index in [4.69, 9.17) is 19.2 Å². The number of rotatable bonds is 6. The van der Waals surface area contributed by atoms with Gasteiger partial charge in [0.05, 0.1) is 32.3 Å². The molecule has 2 aromatic heterocycles. The number of hydrogen-bond donors (Lipinski definition) is 2. The number of fused-ring (bicyclic) bond motifs is 2. The van der Waals surface area contributed by atoms with Crippen molar-refractivity contribution >= 4 is 45.6 Å². The van der Waals surface area contributed by atoms with Crippen LogP contribution in [0.2, 0.25) is 0 Å². The fraction of sp³-hybridized carbons (Fsp3) is 0.333. The molecule has 1 fully saturated rings. The highest BCUT2D eigenvalue weighted by molar-refractivity contribution is 6.10. The molecule has 0 radical (unpaired) electrons. The molecule has 1 saturated heterocycles. The number of benzene rings is 2. The van der Waals surface area contributed by atoms with E-state index < -0.39 is 11.9 Å². The zero-order valence-electron chi connectivity index (χ0n) is 21.8. The van der Waals surface area contributed by atoms with Gasteiger partial charge < -0.3 is 24.4 Å². The summed E-state index contributed by atoms with van der Waals surface area (Å²) in [5, 5.41) is 10.3. The van der Waals surface area contributed by atoms with Crippen LogP contribution in [0.4, 0.5) is 33.2 Å². The molecule has 4 heterocycles. The largest absolute Gasteiger partial charge is 0.493 e. The van der Waals surface area contributed by atoms with Crippen LogP contribution in [0.5, 0.6) is 11.5 Å². The molecule has 0 unspecified atom stereocenters. The Kier molecular flexibility index (Phi) is 6.39. The molecule has 1 atom stereocenters. The maximum Gasteiger partial charge on any atom is 0.254 e. The molecule has 0 saturated carbocycles. The van der Waals surface area contributed by atoms with Gasteiger partial charge in [-0.1, -0.05) is 0 Å². The van der Waals surface area contributed by atoms with Crippen molar-refractivity contribution in [1.82, 2.24) is 20.2 Å². The summed E-state index contributed by atoms with van der Waals surface area (Å²) >= 11 is 0. The van der Waals surface area contributed by atoms with Crippen molar-refractivity contribution in [3.63, 3.8) is 0 Å². The third-order valence-corrected chi connectivity index (χ3v) is 7.20. The average molecular weight is 534 g/mol. The van der Waals surface area contributed by atoms with Gasteiger partial charge in [-0.05, 0) is 44.0 Å². The molecule has 2 N–H and O–H groups in total. The molecule has 6 rings (SSSR count). The molecule has 11 nitrogen and oxygen atoms in total. The Morgan fingerprint density at radius 1 is 1.10 bits per heavy atom. The lowest BCUT2D eigenvalue weighted by Gasteiger charge is -2.45. The monoisotopic (exact) mass is 533 g/mol. The lowest BCUT2D eigenvalue weighted by molar-refractivity contribution is -0.119. The number of nitrogens with zero attached hydrogens (tertiary/aromatic N) is 5. The minimum atomic E-state index is -0.504. The van der Waals surface area contributed by atoms with Gasteiger partial charge in [0, 0.05) is 36.4 Å². The fourth-order valence-electron chi connectivity index (χ4n) is 5.28. The van der Waals surface area contributed by atoms with Crippen LogP contribution in [0.1, 0.15) is 19.8 Å². The summed E-state index contributed by atoms with van der Waals surface area (Å²) in [5.41, 5.74) is 1.96. The van der Waals surface area contributed by atoms with Crippen LogP contribution in [0, 0.1) is 5.82 Å². The van der Waals surface area contributed by atoms with E-state index in [2.05, 4.69) is 25.4 Å². The van der Waals surface area contributed by atoms with Crippen LogP contribution >= 0.6 is 0 Å². The molecule has 12 heteroatoms. The molecular formula is C27H28FN7O4. The highest BCUT2D eigenvalue weighted by Gasteiger charge is 2.41. The van der Waals surface area contributed by atoms with Gasteiger partial charge in [-0.2, -0.15) is 10.1 Å². The van der Waals surface area contributed by atoms with Crippen LogP contribution in [0.25, 0.3) is 10.9 Å². The maximum atomic E-state index is 14.6. The number of aromatic amines is 1. The van der Waals surface area contributed by atoms with E-state index in [1.165, 1.54) is 6.07 Å². The summed E-state index contributed by atoms with van der Waals surface area (Å²) in [5.74, 6) is 1.39. The number of ether oxygens (including phenoxy) is 3. The van der Waals surface area contributed by atoms with Gasteiger partial charge in [0.2, 0.25) is 5.95 Å². The molecule has 4 aromatic rings. The Morgan fingerprint density at radius 3 is 2.67 bits per heavy atom. The smallest absolute Gasteiger partial charge is 0.254 e. The van der Waals surface area contributed by atoms with Crippen molar-refractivity contribution in [1.29, 1.82) is 0 Å². The molecule has 39 heavy (non-hydrogen) atoms. The van der Waals surface area contributed by atoms with Gasteiger partial charge in [0.1, 0.15) is 17.2 Å². The molecule has 0 spiro atoms. The minimum Gasteiger partial charge on any atom is -0.493 e. The first-order valence-corrected chi connectivity index (χ1v) is 12.7. The van der Waals surface area contributed by atoms with Crippen molar-refractivity contribution in [2.45, 2.75) is 31.8 Å². The van der Waals surface area contributed by atoms with Crippen LogP contribution in [0.3, 0.4) is 0 Å². The first-order chi connectivity index (χ1) is 19.0. The molecule has 2 aliphatic rings. The van der Waals surface area contributed by atoms with Gasteiger partial charge >= 0.3 is 0 Å². The number of methoxy groups -OCH3 is 2. The summed E-state index contributed by atoms with van der Waals surface area (Å²) in [4.78, 5) is 26.9. The van der Waals surface area contributed by atoms with Gasteiger partial charge in [-0.15, -0.1) is 0 Å². The van der Waals surface area contributed by atoms with E-state index in [0.29, 0.717) is 58.5 Å². The Morgan fingerprint density at radius 2 is 1.90 bits per heavy atom. The van der Waals surface area contributed by atoms with Gasteiger partial charge in [0.25, 0.3) is 5.91 Å². The number of H-pyrrole nitrogens is 1. The number of carbonyl (C=O) groups excluding carboxylic acids is 1. The quantitative estimate of drug-likeness (QED) is 0.374. The van der Waals surface area contributed by atoms with Crippen LogP contribution in [-0.2, 0) is 9.53 Å².